The lowest BCUT2D eigenvalue weighted by atomic mass is 9.38. The number of benzene rings is 3. The van der Waals surface area contributed by atoms with Crippen LogP contribution in [0.5, 0.6) is 0 Å². The van der Waals surface area contributed by atoms with Crippen molar-refractivity contribution in [2.24, 2.45) is 23.7 Å². The summed E-state index contributed by atoms with van der Waals surface area (Å²) in [7, 11) is 0. The van der Waals surface area contributed by atoms with E-state index in [2.05, 4.69) is 84.9 Å². The fourth-order valence-corrected chi connectivity index (χ4v) is 10.3. The van der Waals surface area contributed by atoms with Gasteiger partial charge in [0.2, 0.25) is 0 Å². The first kappa shape index (κ1) is 19.6. The average Bonchev–Trinajstić information content (AvgIpc) is 3.47. The summed E-state index contributed by atoms with van der Waals surface area (Å²) in [6.45, 7) is 0. The van der Waals surface area contributed by atoms with Crippen molar-refractivity contribution in [3.8, 4) is 0 Å². The maximum atomic E-state index is 5.20. The molecule has 174 valence electrons. The molecule has 5 aromatic rings. The van der Waals surface area contributed by atoms with Crippen molar-refractivity contribution in [2.75, 3.05) is 0 Å². The van der Waals surface area contributed by atoms with Gasteiger partial charge in [0.1, 0.15) is 0 Å². The molecule has 0 aliphatic heterocycles. The Hall–Kier alpha value is -3.52. The van der Waals surface area contributed by atoms with Gasteiger partial charge < -0.3 is 0 Å². The summed E-state index contributed by atoms with van der Waals surface area (Å²) in [6.07, 6.45) is 9.31. The van der Waals surface area contributed by atoms with Gasteiger partial charge >= 0.3 is 0 Å². The highest BCUT2D eigenvalue weighted by molar-refractivity contribution is 6.10. The van der Waals surface area contributed by atoms with E-state index in [1.165, 1.54) is 69.7 Å². The molecular weight excluding hydrogens is 436 g/mol. The lowest BCUT2D eigenvalue weighted by molar-refractivity contribution is 0.0388. The Morgan fingerprint density at radius 3 is 1.25 bits per heavy atom. The lowest BCUT2D eigenvalue weighted by Gasteiger charge is -2.64. The molecule has 3 aromatic carbocycles. The molecule has 10 rings (SSSR count). The van der Waals surface area contributed by atoms with Gasteiger partial charge in [-0.2, -0.15) is 0 Å². The molecule has 2 nitrogen and oxygen atoms in total. The minimum absolute atomic E-state index is 0.0251. The SMILES string of the molecule is c1ccc(C23c4c(c5ncccc5c5cccnc45)C4(c5ccccc5)[C@@H]5CC[C@H]4[C@H]2CC[C@@H]53)cc1. The Bertz CT molecular complexity index is 1530. The standard InChI is InChI=1S/C34H28N2/c1-3-9-21(10-4-1)33-25-15-16-26(33)28-18-17-27(25)34(28,22-11-5-2-6-12-22)30-29(33)31-23(13-7-19-35-31)24-14-8-20-36-32(24)30/h1-14,19-20,25-28H,15-18H2/t25-,26+,27+,28-,33?,34?. The molecule has 3 saturated carbocycles. The van der Waals surface area contributed by atoms with Crippen molar-refractivity contribution in [3.05, 3.63) is 120 Å². The Kier molecular flexibility index (Phi) is 3.61. The van der Waals surface area contributed by atoms with E-state index < -0.39 is 0 Å². The largest absolute Gasteiger partial charge is 0.256 e. The molecule has 5 aliphatic rings. The maximum absolute atomic E-state index is 5.20. The summed E-state index contributed by atoms with van der Waals surface area (Å²) in [6, 6.07) is 31.8. The zero-order chi connectivity index (χ0) is 23.5. The zero-order valence-electron chi connectivity index (χ0n) is 20.3. The van der Waals surface area contributed by atoms with E-state index in [0.29, 0.717) is 23.7 Å². The number of hydrogen-bond donors (Lipinski definition) is 0. The van der Waals surface area contributed by atoms with Gasteiger partial charge in [0.05, 0.1) is 11.0 Å². The summed E-state index contributed by atoms with van der Waals surface area (Å²) in [4.78, 5) is 10.4. The Morgan fingerprint density at radius 2 is 0.861 bits per heavy atom. The summed E-state index contributed by atoms with van der Waals surface area (Å²) in [5.74, 6) is 2.57. The zero-order valence-corrected chi connectivity index (χ0v) is 20.3. The van der Waals surface area contributed by atoms with E-state index in [-0.39, 0.29) is 10.8 Å². The van der Waals surface area contributed by atoms with E-state index in [4.69, 9.17) is 9.97 Å². The molecule has 2 heterocycles. The van der Waals surface area contributed by atoms with E-state index >= 15 is 0 Å². The third-order valence-electron chi connectivity index (χ3n) is 10.8. The van der Waals surface area contributed by atoms with Crippen LogP contribution in [0.25, 0.3) is 21.8 Å². The van der Waals surface area contributed by atoms with E-state index in [9.17, 15) is 0 Å². The first-order valence-corrected chi connectivity index (χ1v) is 13.7. The van der Waals surface area contributed by atoms with Gasteiger partial charge in [-0.05, 0) is 83.7 Å². The highest BCUT2D eigenvalue weighted by Crippen LogP contribution is 2.80. The monoisotopic (exact) mass is 464 g/mol. The number of aromatic nitrogens is 2. The molecule has 36 heavy (non-hydrogen) atoms. The Morgan fingerprint density at radius 1 is 0.472 bits per heavy atom. The highest BCUT2D eigenvalue weighted by atomic mass is 14.8. The van der Waals surface area contributed by atoms with E-state index in [1.54, 1.807) is 0 Å². The molecule has 0 spiro atoms. The number of pyridine rings is 2. The number of nitrogens with zero attached hydrogens (tertiary/aromatic N) is 2. The highest BCUT2D eigenvalue weighted by Gasteiger charge is 2.76. The predicted molar refractivity (Wildman–Crippen MR) is 144 cm³/mol. The maximum Gasteiger partial charge on any atom is 0.0753 e. The molecule has 6 atom stereocenters. The van der Waals surface area contributed by atoms with Crippen LogP contribution >= 0.6 is 0 Å². The van der Waals surface area contributed by atoms with Crippen LogP contribution in [0, 0.1) is 23.7 Å². The van der Waals surface area contributed by atoms with Crippen LogP contribution in [0.4, 0.5) is 0 Å². The quantitative estimate of drug-likeness (QED) is 0.254. The Balaban J connectivity index is 1.58. The molecule has 0 N–H and O–H groups in total. The summed E-state index contributed by atoms with van der Waals surface area (Å²) >= 11 is 0. The first-order valence-electron chi connectivity index (χ1n) is 13.7. The second-order valence-electron chi connectivity index (χ2n) is 11.6. The molecule has 6 bridgehead atoms. The Labute approximate surface area is 211 Å². The molecule has 0 amide bonds. The normalized spacial score (nSPS) is 33.3. The average molecular weight is 465 g/mol. The van der Waals surface area contributed by atoms with E-state index in [0.717, 1.165) is 0 Å². The second kappa shape index (κ2) is 6.62. The third kappa shape index (κ3) is 1.95. The molecule has 5 aliphatic carbocycles. The smallest absolute Gasteiger partial charge is 0.0753 e. The molecule has 2 heteroatoms. The van der Waals surface area contributed by atoms with Crippen LogP contribution in [0.2, 0.25) is 0 Å². The van der Waals surface area contributed by atoms with Crippen LogP contribution in [0.15, 0.2) is 97.3 Å². The number of rotatable bonds is 2. The summed E-state index contributed by atoms with van der Waals surface area (Å²) < 4.78 is 0. The van der Waals surface area contributed by atoms with Gasteiger partial charge in [0.15, 0.2) is 0 Å². The summed E-state index contributed by atoms with van der Waals surface area (Å²) in [5.41, 5.74) is 8.54. The number of hydrogen-bond acceptors (Lipinski definition) is 2. The molecule has 0 saturated heterocycles. The van der Waals surface area contributed by atoms with Crippen LogP contribution < -0.4 is 0 Å². The van der Waals surface area contributed by atoms with Crippen molar-refractivity contribution in [1.82, 2.24) is 9.97 Å². The number of fused-ring (bicyclic) bond motifs is 3. The van der Waals surface area contributed by atoms with Gasteiger partial charge in [-0.3, -0.25) is 9.97 Å². The topological polar surface area (TPSA) is 25.8 Å². The van der Waals surface area contributed by atoms with Crippen molar-refractivity contribution in [2.45, 2.75) is 36.5 Å². The van der Waals surface area contributed by atoms with Crippen molar-refractivity contribution < 1.29 is 0 Å². The summed E-state index contributed by atoms with van der Waals surface area (Å²) in [5, 5.41) is 2.52. The fraction of sp³-hybridized carbons (Fsp3) is 0.294. The van der Waals surface area contributed by atoms with Crippen molar-refractivity contribution in [1.29, 1.82) is 0 Å². The minimum atomic E-state index is 0.0251. The fourth-order valence-electron chi connectivity index (χ4n) is 10.3. The molecule has 3 fully saturated rings. The van der Waals surface area contributed by atoms with Crippen molar-refractivity contribution in [3.63, 3.8) is 0 Å². The molecule has 2 unspecified atom stereocenters. The third-order valence-corrected chi connectivity index (χ3v) is 10.8. The van der Waals surface area contributed by atoms with Crippen LogP contribution in [0.1, 0.15) is 47.9 Å². The van der Waals surface area contributed by atoms with Crippen molar-refractivity contribution >= 4 is 21.8 Å². The second-order valence-corrected chi connectivity index (χ2v) is 11.6. The van der Waals surface area contributed by atoms with Crippen LogP contribution in [0.3, 0.4) is 0 Å². The van der Waals surface area contributed by atoms with Crippen LogP contribution in [-0.2, 0) is 10.8 Å². The predicted octanol–water partition coefficient (Wildman–Crippen LogP) is 7.43. The lowest BCUT2D eigenvalue weighted by Crippen LogP contribution is -2.62. The van der Waals surface area contributed by atoms with Gasteiger partial charge in [-0.1, -0.05) is 72.8 Å². The first-order chi connectivity index (χ1) is 17.9. The molecule has 0 radical (unpaired) electrons. The molecular formula is C34H28N2. The van der Waals surface area contributed by atoms with Crippen LogP contribution in [-0.4, -0.2) is 9.97 Å². The van der Waals surface area contributed by atoms with Gasteiger partial charge in [-0.25, -0.2) is 0 Å². The minimum Gasteiger partial charge on any atom is -0.256 e. The van der Waals surface area contributed by atoms with Gasteiger partial charge in [0, 0.05) is 34.0 Å². The van der Waals surface area contributed by atoms with Gasteiger partial charge in [0.25, 0.3) is 0 Å². The van der Waals surface area contributed by atoms with Gasteiger partial charge in [-0.15, -0.1) is 0 Å². The van der Waals surface area contributed by atoms with E-state index in [1.807, 2.05) is 12.4 Å². The molecule has 2 aromatic heterocycles.